The van der Waals surface area contributed by atoms with Gasteiger partial charge in [-0.3, -0.25) is 4.79 Å². The van der Waals surface area contributed by atoms with E-state index in [1.807, 2.05) is 6.92 Å². The maximum Gasteiger partial charge on any atom is 0.258 e. The van der Waals surface area contributed by atoms with Gasteiger partial charge in [0.15, 0.2) is 0 Å². The van der Waals surface area contributed by atoms with Gasteiger partial charge in [0.05, 0.1) is 5.56 Å². The van der Waals surface area contributed by atoms with E-state index >= 15 is 0 Å². The number of halogens is 1. The van der Waals surface area contributed by atoms with Crippen molar-refractivity contribution in [3.8, 4) is 17.3 Å². The second-order valence-corrected chi connectivity index (χ2v) is 4.47. The third-order valence-electron chi connectivity index (χ3n) is 2.79. The molecule has 0 saturated carbocycles. The summed E-state index contributed by atoms with van der Waals surface area (Å²) in [5, 5.41) is 10.3. The first kappa shape index (κ1) is 12.6. The molecule has 0 fully saturated rings. The second-order valence-electron chi connectivity index (χ2n) is 4.03. The predicted molar refractivity (Wildman–Crippen MR) is 71.1 cm³/mol. The van der Waals surface area contributed by atoms with Gasteiger partial charge in [0.25, 0.3) is 5.56 Å². The van der Waals surface area contributed by atoms with E-state index in [-0.39, 0.29) is 11.4 Å². The number of nitrogens with zero attached hydrogens (tertiary/aromatic N) is 1. The normalized spacial score (nSPS) is 10.6. The van der Waals surface area contributed by atoms with Crippen molar-refractivity contribution < 1.29 is 5.11 Å². The molecule has 0 bridgehead atoms. The second kappa shape index (κ2) is 4.82. The van der Waals surface area contributed by atoms with Crippen LogP contribution in [0.15, 0.2) is 23.0 Å². The van der Waals surface area contributed by atoms with Gasteiger partial charge in [-0.1, -0.05) is 18.5 Å². The minimum Gasteiger partial charge on any atom is -0.493 e. The fourth-order valence-corrected chi connectivity index (χ4v) is 2.05. The Balaban J connectivity index is 2.62. The first-order chi connectivity index (χ1) is 8.52. The van der Waals surface area contributed by atoms with E-state index in [4.69, 9.17) is 11.6 Å². The molecular formula is C13H13ClN2O2. The highest BCUT2D eigenvalue weighted by Gasteiger charge is 2.11. The van der Waals surface area contributed by atoms with Gasteiger partial charge in [-0.15, -0.1) is 0 Å². The first-order valence-electron chi connectivity index (χ1n) is 5.61. The molecule has 1 heterocycles. The van der Waals surface area contributed by atoms with E-state index in [2.05, 4.69) is 9.97 Å². The minimum atomic E-state index is -0.311. The van der Waals surface area contributed by atoms with E-state index in [1.54, 1.807) is 25.1 Å². The first-order valence-corrected chi connectivity index (χ1v) is 5.99. The predicted octanol–water partition coefficient (Wildman–Crippen LogP) is 2.67. The van der Waals surface area contributed by atoms with Crippen LogP contribution in [-0.4, -0.2) is 15.1 Å². The number of rotatable bonds is 2. The molecular weight excluding hydrogens is 252 g/mol. The third kappa shape index (κ3) is 2.24. The van der Waals surface area contributed by atoms with E-state index in [0.29, 0.717) is 22.8 Å². The van der Waals surface area contributed by atoms with Gasteiger partial charge in [0.2, 0.25) is 5.88 Å². The van der Waals surface area contributed by atoms with Crippen molar-refractivity contribution in [3.63, 3.8) is 0 Å². The minimum absolute atomic E-state index is 0.217. The Hall–Kier alpha value is -1.81. The number of H-pyrrole nitrogens is 1. The van der Waals surface area contributed by atoms with Crippen molar-refractivity contribution in [1.29, 1.82) is 0 Å². The molecule has 0 amide bonds. The number of aromatic amines is 1. The number of hydrogen-bond donors (Lipinski definition) is 2. The summed E-state index contributed by atoms with van der Waals surface area (Å²) in [6.07, 6.45) is 0.439. The fraction of sp³-hybridized carbons (Fsp3) is 0.231. The van der Waals surface area contributed by atoms with Crippen LogP contribution in [-0.2, 0) is 6.42 Å². The van der Waals surface area contributed by atoms with E-state index in [0.717, 1.165) is 11.1 Å². The molecule has 2 aromatic rings. The number of benzene rings is 1. The van der Waals surface area contributed by atoms with Gasteiger partial charge in [0.1, 0.15) is 5.82 Å². The molecule has 1 aromatic carbocycles. The van der Waals surface area contributed by atoms with Gasteiger partial charge in [-0.2, -0.15) is 4.98 Å². The van der Waals surface area contributed by atoms with Crippen LogP contribution >= 0.6 is 11.6 Å². The number of aromatic hydroxyl groups is 1. The van der Waals surface area contributed by atoms with Gasteiger partial charge >= 0.3 is 0 Å². The van der Waals surface area contributed by atoms with Crippen molar-refractivity contribution in [2.45, 2.75) is 20.3 Å². The summed E-state index contributed by atoms with van der Waals surface area (Å²) < 4.78 is 0. The SMILES string of the molecule is CCc1c(O)nc(-c2ccc(Cl)cc2C)[nH]c1=O. The molecule has 2 rings (SSSR count). The lowest BCUT2D eigenvalue weighted by Gasteiger charge is -2.07. The molecule has 0 atom stereocenters. The number of hydrogen-bond acceptors (Lipinski definition) is 3. The van der Waals surface area contributed by atoms with Gasteiger partial charge in [0, 0.05) is 10.6 Å². The van der Waals surface area contributed by atoms with Crippen LogP contribution in [0.5, 0.6) is 5.88 Å². The Morgan fingerprint density at radius 1 is 1.44 bits per heavy atom. The average molecular weight is 265 g/mol. The van der Waals surface area contributed by atoms with E-state index in [9.17, 15) is 9.90 Å². The largest absolute Gasteiger partial charge is 0.493 e. The maximum absolute atomic E-state index is 11.8. The Labute approximate surface area is 109 Å². The van der Waals surface area contributed by atoms with Crippen molar-refractivity contribution >= 4 is 11.6 Å². The van der Waals surface area contributed by atoms with Crippen LogP contribution in [0.4, 0.5) is 0 Å². The van der Waals surface area contributed by atoms with Crippen molar-refractivity contribution in [1.82, 2.24) is 9.97 Å². The lowest BCUT2D eigenvalue weighted by Crippen LogP contribution is -2.14. The molecule has 0 saturated heterocycles. The molecule has 18 heavy (non-hydrogen) atoms. The third-order valence-corrected chi connectivity index (χ3v) is 3.03. The Bertz CT molecular complexity index is 650. The molecule has 2 N–H and O–H groups in total. The van der Waals surface area contributed by atoms with Crippen LogP contribution < -0.4 is 5.56 Å². The van der Waals surface area contributed by atoms with Gasteiger partial charge < -0.3 is 10.1 Å². The number of aryl methyl sites for hydroxylation is 1. The summed E-state index contributed by atoms with van der Waals surface area (Å²) in [6.45, 7) is 3.66. The van der Waals surface area contributed by atoms with Crippen LogP contribution in [0.1, 0.15) is 18.1 Å². The van der Waals surface area contributed by atoms with Crippen LogP contribution in [0.3, 0.4) is 0 Å². The molecule has 0 radical (unpaired) electrons. The van der Waals surface area contributed by atoms with Crippen LogP contribution in [0.2, 0.25) is 5.02 Å². The molecule has 0 spiro atoms. The zero-order valence-electron chi connectivity index (χ0n) is 10.1. The Morgan fingerprint density at radius 2 is 2.17 bits per heavy atom. The quantitative estimate of drug-likeness (QED) is 0.876. The summed E-state index contributed by atoms with van der Waals surface area (Å²) in [5.74, 6) is 0.134. The summed E-state index contributed by atoms with van der Waals surface area (Å²) in [7, 11) is 0. The molecule has 94 valence electrons. The standard InChI is InChI=1S/C13H13ClN2O2/c1-3-9-12(17)15-11(16-13(9)18)10-5-4-8(14)6-7(10)2/h4-6H,3H2,1-2H3,(H2,15,16,17,18). The highest BCUT2D eigenvalue weighted by Crippen LogP contribution is 2.24. The fourth-order valence-electron chi connectivity index (χ4n) is 1.82. The average Bonchev–Trinajstić information content (AvgIpc) is 2.28. The number of aromatic nitrogens is 2. The van der Waals surface area contributed by atoms with Gasteiger partial charge in [-0.25, -0.2) is 0 Å². The zero-order chi connectivity index (χ0) is 13.3. The topological polar surface area (TPSA) is 66.0 Å². The van der Waals surface area contributed by atoms with E-state index in [1.165, 1.54) is 0 Å². The Kier molecular flexibility index (Phi) is 3.39. The lowest BCUT2D eigenvalue weighted by molar-refractivity contribution is 0.444. The van der Waals surface area contributed by atoms with E-state index < -0.39 is 0 Å². The summed E-state index contributed by atoms with van der Waals surface area (Å²) >= 11 is 5.87. The van der Waals surface area contributed by atoms with Crippen molar-refractivity contribution in [3.05, 3.63) is 44.7 Å². The smallest absolute Gasteiger partial charge is 0.258 e. The van der Waals surface area contributed by atoms with Crippen molar-refractivity contribution in [2.75, 3.05) is 0 Å². The highest BCUT2D eigenvalue weighted by atomic mass is 35.5. The van der Waals surface area contributed by atoms with Crippen LogP contribution in [0, 0.1) is 6.92 Å². The molecule has 1 aromatic heterocycles. The summed E-state index contributed by atoms with van der Waals surface area (Å²) in [6, 6.07) is 5.26. The monoisotopic (exact) mass is 264 g/mol. The molecule has 0 aliphatic heterocycles. The Morgan fingerprint density at radius 3 is 2.72 bits per heavy atom. The molecule has 0 aliphatic rings. The summed E-state index contributed by atoms with van der Waals surface area (Å²) in [5.41, 5.74) is 1.61. The summed E-state index contributed by atoms with van der Waals surface area (Å²) in [4.78, 5) is 18.5. The number of nitrogens with one attached hydrogen (secondary N) is 1. The highest BCUT2D eigenvalue weighted by molar-refractivity contribution is 6.30. The molecule has 0 aliphatic carbocycles. The lowest BCUT2D eigenvalue weighted by atomic mass is 10.1. The maximum atomic E-state index is 11.8. The molecule has 5 heteroatoms. The van der Waals surface area contributed by atoms with Gasteiger partial charge in [-0.05, 0) is 37.1 Å². The van der Waals surface area contributed by atoms with Crippen molar-refractivity contribution in [2.24, 2.45) is 0 Å². The zero-order valence-corrected chi connectivity index (χ0v) is 10.9. The molecule has 4 nitrogen and oxygen atoms in total. The molecule has 0 unspecified atom stereocenters. The van der Waals surface area contributed by atoms with Crippen LogP contribution in [0.25, 0.3) is 11.4 Å².